The van der Waals surface area contributed by atoms with Crippen LogP contribution in [0.5, 0.6) is 0 Å². The fraction of sp³-hybridized carbons (Fsp3) is 0.643. The Bertz CT molecular complexity index is 444. The second kappa shape index (κ2) is 6.07. The molecule has 6 nitrogen and oxygen atoms in total. The maximum Gasteiger partial charge on any atom is 0.407 e. The molecular weight excluding hydrogens is 256 g/mol. The van der Waals surface area contributed by atoms with E-state index in [-0.39, 0.29) is 12.1 Å². The predicted octanol–water partition coefficient (Wildman–Crippen LogP) is 2.33. The van der Waals surface area contributed by atoms with E-state index in [1.165, 1.54) is 6.33 Å². The molecule has 0 aliphatic heterocycles. The topological polar surface area (TPSA) is 76.1 Å². The molecule has 0 spiro atoms. The van der Waals surface area contributed by atoms with Crippen molar-refractivity contribution in [3.63, 3.8) is 0 Å². The van der Waals surface area contributed by atoms with Crippen molar-refractivity contribution in [1.82, 2.24) is 15.3 Å². The van der Waals surface area contributed by atoms with Gasteiger partial charge in [-0.1, -0.05) is 0 Å². The molecular formula is C14H22N4O2. The number of ether oxygens (including phenoxy) is 1. The van der Waals surface area contributed by atoms with E-state index in [9.17, 15) is 4.79 Å². The lowest BCUT2D eigenvalue weighted by Gasteiger charge is -2.22. The maximum atomic E-state index is 11.7. The van der Waals surface area contributed by atoms with Crippen LogP contribution in [0.2, 0.25) is 0 Å². The van der Waals surface area contributed by atoms with Gasteiger partial charge in [0, 0.05) is 12.1 Å². The van der Waals surface area contributed by atoms with Crippen LogP contribution in [0.15, 0.2) is 18.7 Å². The Morgan fingerprint density at radius 1 is 1.25 bits per heavy atom. The summed E-state index contributed by atoms with van der Waals surface area (Å²) >= 11 is 0. The third-order valence-corrected chi connectivity index (χ3v) is 3.08. The van der Waals surface area contributed by atoms with Gasteiger partial charge in [0.1, 0.15) is 11.9 Å². The van der Waals surface area contributed by atoms with Crippen molar-refractivity contribution in [2.24, 2.45) is 0 Å². The van der Waals surface area contributed by atoms with E-state index in [1.54, 1.807) is 12.4 Å². The lowest BCUT2D eigenvalue weighted by molar-refractivity contribution is 0.0505. The first kappa shape index (κ1) is 14.6. The van der Waals surface area contributed by atoms with Gasteiger partial charge in [0.25, 0.3) is 0 Å². The number of carbonyl (C=O) groups excluding carboxylic acids is 1. The standard InChI is InChI=1S/C14H22N4O2/c1-14(2,3)20-13(19)18-11-5-4-10(6-11)17-12-7-15-9-16-8-12/h7-11,17H,4-6H2,1-3H3,(H,18,19). The Kier molecular flexibility index (Phi) is 4.42. The highest BCUT2D eigenvalue weighted by atomic mass is 16.6. The largest absolute Gasteiger partial charge is 0.444 e. The molecule has 2 N–H and O–H groups in total. The van der Waals surface area contributed by atoms with Crippen molar-refractivity contribution in [1.29, 1.82) is 0 Å². The SMILES string of the molecule is CC(C)(C)OC(=O)NC1CCC(Nc2cncnc2)C1. The molecule has 1 fully saturated rings. The highest BCUT2D eigenvalue weighted by Gasteiger charge is 2.27. The minimum atomic E-state index is -0.457. The maximum absolute atomic E-state index is 11.7. The molecule has 20 heavy (non-hydrogen) atoms. The summed E-state index contributed by atoms with van der Waals surface area (Å²) in [7, 11) is 0. The highest BCUT2D eigenvalue weighted by Crippen LogP contribution is 2.23. The van der Waals surface area contributed by atoms with Crippen LogP contribution in [0, 0.1) is 0 Å². The third-order valence-electron chi connectivity index (χ3n) is 3.08. The first-order valence-corrected chi connectivity index (χ1v) is 6.93. The Labute approximate surface area is 119 Å². The molecule has 2 rings (SSSR count). The molecule has 0 radical (unpaired) electrons. The van der Waals surface area contributed by atoms with Gasteiger partial charge in [-0.05, 0) is 40.0 Å². The van der Waals surface area contributed by atoms with Crippen molar-refractivity contribution in [2.45, 2.75) is 57.7 Å². The number of nitrogens with one attached hydrogen (secondary N) is 2. The van der Waals surface area contributed by atoms with E-state index in [1.807, 2.05) is 20.8 Å². The zero-order chi connectivity index (χ0) is 14.6. The fourth-order valence-corrected chi connectivity index (χ4v) is 2.33. The van der Waals surface area contributed by atoms with E-state index >= 15 is 0 Å². The van der Waals surface area contributed by atoms with Gasteiger partial charge in [-0.3, -0.25) is 0 Å². The number of anilines is 1. The van der Waals surface area contributed by atoms with Crippen molar-refractivity contribution < 1.29 is 9.53 Å². The predicted molar refractivity (Wildman–Crippen MR) is 76.5 cm³/mol. The molecule has 2 atom stereocenters. The zero-order valence-corrected chi connectivity index (χ0v) is 12.2. The average molecular weight is 278 g/mol. The van der Waals surface area contributed by atoms with Crippen LogP contribution >= 0.6 is 0 Å². The summed E-state index contributed by atoms with van der Waals surface area (Å²) in [6, 6.07) is 0.493. The Hall–Kier alpha value is -1.85. The molecule has 1 saturated carbocycles. The second-order valence-corrected chi connectivity index (χ2v) is 6.12. The van der Waals surface area contributed by atoms with Gasteiger partial charge in [0.15, 0.2) is 0 Å². The molecule has 0 bridgehead atoms. The molecule has 0 aromatic carbocycles. The summed E-state index contributed by atoms with van der Waals surface area (Å²) in [5, 5.41) is 6.29. The number of aromatic nitrogens is 2. The monoisotopic (exact) mass is 278 g/mol. The number of rotatable bonds is 3. The molecule has 1 amide bonds. The summed E-state index contributed by atoms with van der Waals surface area (Å²) in [6.07, 6.45) is 7.51. The summed E-state index contributed by atoms with van der Waals surface area (Å²) < 4.78 is 5.26. The minimum Gasteiger partial charge on any atom is -0.444 e. The lowest BCUT2D eigenvalue weighted by atomic mass is 10.2. The van der Waals surface area contributed by atoms with Crippen molar-refractivity contribution in [3.05, 3.63) is 18.7 Å². The molecule has 1 aliphatic rings. The van der Waals surface area contributed by atoms with Crippen LogP contribution in [0.3, 0.4) is 0 Å². The number of hydrogen-bond donors (Lipinski definition) is 2. The second-order valence-electron chi connectivity index (χ2n) is 6.12. The fourth-order valence-electron chi connectivity index (χ4n) is 2.33. The molecule has 110 valence electrons. The van der Waals surface area contributed by atoms with E-state index in [2.05, 4.69) is 20.6 Å². The van der Waals surface area contributed by atoms with Crippen LogP contribution in [0.1, 0.15) is 40.0 Å². The number of hydrogen-bond acceptors (Lipinski definition) is 5. The molecule has 1 aromatic heterocycles. The number of amides is 1. The number of alkyl carbamates (subject to hydrolysis) is 1. The highest BCUT2D eigenvalue weighted by molar-refractivity contribution is 5.68. The third kappa shape index (κ3) is 4.68. The van der Waals surface area contributed by atoms with Gasteiger partial charge < -0.3 is 15.4 Å². The van der Waals surface area contributed by atoms with Gasteiger partial charge >= 0.3 is 6.09 Å². The average Bonchev–Trinajstić information content (AvgIpc) is 2.75. The first-order chi connectivity index (χ1) is 9.42. The zero-order valence-electron chi connectivity index (χ0n) is 12.2. The van der Waals surface area contributed by atoms with Crippen LogP contribution in [0.25, 0.3) is 0 Å². The molecule has 1 aliphatic carbocycles. The van der Waals surface area contributed by atoms with E-state index in [0.29, 0.717) is 6.04 Å². The molecule has 0 saturated heterocycles. The summed E-state index contributed by atoms with van der Waals surface area (Å²) in [4.78, 5) is 19.6. The van der Waals surface area contributed by atoms with Crippen LogP contribution in [-0.4, -0.2) is 33.7 Å². The van der Waals surface area contributed by atoms with Gasteiger partial charge in [-0.15, -0.1) is 0 Å². The Morgan fingerprint density at radius 3 is 2.55 bits per heavy atom. The smallest absolute Gasteiger partial charge is 0.407 e. The molecule has 2 unspecified atom stereocenters. The van der Waals surface area contributed by atoms with Gasteiger partial charge in [0.2, 0.25) is 0 Å². The van der Waals surface area contributed by atoms with Crippen molar-refractivity contribution in [2.75, 3.05) is 5.32 Å². The van der Waals surface area contributed by atoms with Crippen molar-refractivity contribution >= 4 is 11.8 Å². The van der Waals surface area contributed by atoms with Crippen LogP contribution in [0.4, 0.5) is 10.5 Å². The summed E-state index contributed by atoms with van der Waals surface area (Å²) in [5.41, 5.74) is 0.456. The molecule has 1 aromatic rings. The van der Waals surface area contributed by atoms with Crippen LogP contribution in [-0.2, 0) is 4.74 Å². The van der Waals surface area contributed by atoms with E-state index in [4.69, 9.17) is 4.74 Å². The summed E-state index contributed by atoms with van der Waals surface area (Å²) in [5.74, 6) is 0. The quantitative estimate of drug-likeness (QED) is 0.887. The van der Waals surface area contributed by atoms with Gasteiger partial charge in [-0.25, -0.2) is 14.8 Å². The van der Waals surface area contributed by atoms with Crippen LogP contribution < -0.4 is 10.6 Å². The lowest BCUT2D eigenvalue weighted by Crippen LogP contribution is -2.38. The summed E-state index contributed by atoms with van der Waals surface area (Å²) in [6.45, 7) is 5.59. The Morgan fingerprint density at radius 2 is 1.90 bits per heavy atom. The van der Waals surface area contributed by atoms with E-state index < -0.39 is 5.60 Å². The van der Waals surface area contributed by atoms with Crippen molar-refractivity contribution in [3.8, 4) is 0 Å². The van der Waals surface area contributed by atoms with Gasteiger partial charge in [-0.2, -0.15) is 0 Å². The molecule has 1 heterocycles. The first-order valence-electron chi connectivity index (χ1n) is 6.93. The Balaban J connectivity index is 1.77. The molecule has 6 heteroatoms. The normalized spacial score (nSPS) is 22.4. The van der Waals surface area contributed by atoms with E-state index in [0.717, 1.165) is 24.9 Å². The number of carbonyl (C=O) groups is 1. The van der Waals surface area contributed by atoms with Gasteiger partial charge in [0.05, 0.1) is 18.1 Å². The minimum absolute atomic E-state index is 0.159. The number of nitrogens with zero attached hydrogens (tertiary/aromatic N) is 2.